The standard InChI is InChI=1S/C14H15N2O2P/c15-16-19(18,13-9-5-2-6-10-13)11-14(17)12-7-3-1-4-8-12/h1-10H,11,15H2,(H,16,18)/t19-/m1/s1. The SMILES string of the molecule is NN[P@@](=O)(CC(=O)c1ccccc1)c1ccccc1. The van der Waals surface area contributed by atoms with Crippen molar-refractivity contribution in [3.63, 3.8) is 0 Å². The largest absolute Gasteiger partial charge is 0.300 e. The molecule has 2 rings (SSSR count). The Hall–Kier alpha value is -1.74. The fourth-order valence-electron chi connectivity index (χ4n) is 1.80. The first kappa shape index (κ1) is 13.7. The zero-order valence-electron chi connectivity index (χ0n) is 10.3. The van der Waals surface area contributed by atoms with Gasteiger partial charge in [-0.05, 0) is 0 Å². The van der Waals surface area contributed by atoms with Gasteiger partial charge >= 0.3 is 0 Å². The summed E-state index contributed by atoms with van der Waals surface area (Å²) in [5, 5.41) is 2.89. The van der Waals surface area contributed by atoms with Crippen molar-refractivity contribution in [3.05, 3.63) is 66.2 Å². The molecule has 0 unspecified atom stereocenters. The fourth-order valence-corrected chi connectivity index (χ4v) is 3.46. The maximum Gasteiger partial charge on any atom is 0.196 e. The highest BCUT2D eigenvalue weighted by Crippen LogP contribution is 2.38. The Morgan fingerprint density at radius 3 is 2.05 bits per heavy atom. The summed E-state index contributed by atoms with van der Waals surface area (Å²) in [7, 11) is -3.10. The summed E-state index contributed by atoms with van der Waals surface area (Å²) in [5.74, 6) is 5.21. The lowest BCUT2D eigenvalue weighted by molar-refractivity contribution is 0.102. The van der Waals surface area contributed by atoms with Gasteiger partial charge in [0.05, 0.1) is 6.16 Å². The van der Waals surface area contributed by atoms with Gasteiger partial charge in [-0.1, -0.05) is 60.7 Å². The number of ketones is 1. The first-order valence-corrected chi connectivity index (χ1v) is 7.76. The van der Waals surface area contributed by atoms with Crippen molar-refractivity contribution < 1.29 is 9.36 Å². The highest BCUT2D eigenvalue weighted by atomic mass is 31.2. The summed E-state index contributed by atoms with van der Waals surface area (Å²) >= 11 is 0. The number of benzene rings is 2. The maximum absolute atomic E-state index is 12.7. The average molecular weight is 274 g/mol. The molecule has 5 heteroatoms. The van der Waals surface area contributed by atoms with E-state index >= 15 is 0 Å². The van der Waals surface area contributed by atoms with Crippen LogP contribution in [0.25, 0.3) is 0 Å². The van der Waals surface area contributed by atoms with Gasteiger partial charge in [-0.25, -0.2) is 5.20 Å². The van der Waals surface area contributed by atoms with E-state index in [2.05, 4.69) is 5.20 Å². The molecule has 0 saturated carbocycles. The van der Waals surface area contributed by atoms with Crippen molar-refractivity contribution in [3.8, 4) is 0 Å². The van der Waals surface area contributed by atoms with E-state index in [1.807, 2.05) is 12.1 Å². The van der Waals surface area contributed by atoms with Crippen LogP contribution in [0.2, 0.25) is 0 Å². The number of hydrazine groups is 1. The van der Waals surface area contributed by atoms with Crippen molar-refractivity contribution in [1.82, 2.24) is 5.20 Å². The van der Waals surface area contributed by atoms with Crippen LogP contribution >= 0.6 is 7.29 Å². The Morgan fingerprint density at radius 2 is 1.53 bits per heavy atom. The molecular weight excluding hydrogens is 259 g/mol. The second-order valence-electron chi connectivity index (χ2n) is 4.15. The zero-order valence-corrected chi connectivity index (χ0v) is 11.2. The van der Waals surface area contributed by atoms with Crippen molar-refractivity contribution in [1.29, 1.82) is 0 Å². The number of rotatable bonds is 5. The molecule has 2 aromatic rings. The van der Waals surface area contributed by atoms with Gasteiger partial charge in [0.25, 0.3) is 0 Å². The van der Waals surface area contributed by atoms with Gasteiger partial charge in [-0.2, -0.15) is 0 Å². The quantitative estimate of drug-likeness (QED) is 0.378. The van der Waals surface area contributed by atoms with E-state index in [0.717, 1.165) is 0 Å². The fraction of sp³-hybridized carbons (Fsp3) is 0.0714. The first-order chi connectivity index (χ1) is 9.15. The Labute approximate surface area is 112 Å². The Balaban J connectivity index is 2.25. The number of nitrogens with two attached hydrogens (primary N) is 1. The molecule has 0 spiro atoms. The maximum atomic E-state index is 12.7. The molecular formula is C14H15N2O2P. The van der Waals surface area contributed by atoms with Crippen LogP contribution in [-0.4, -0.2) is 11.9 Å². The summed E-state index contributed by atoms with van der Waals surface area (Å²) in [6.45, 7) is 0. The van der Waals surface area contributed by atoms with Crippen molar-refractivity contribution >= 4 is 18.4 Å². The Bertz CT molecular complexity index is 599. The van der Waals surface area contributed by atoms with Gasteiger partial charge < -0.3 is 0 Å². The van der Waals surface area contributed by atoms with E-state index in [9.17, 15) is 9.36 Å². The predicted molar refractivity (Wildman–Crippen MR) is 76.6 cm³/mol. The van der Waals surface area contributed by atoms with E-state index in [0.29, 0.717) is 10.9 Å². The molecule has 0 aromatic heterocycles. The van der Waals surface area contributed by atoms with Gasteiger partial charge in [-0.3, -0.25) is 15.2 Å². The predicted octanol–water partition coefficient (Wildman–Crippen LogP) is 1.94. The Kier molecular flexibility index (Phi) is 4.27. The molecule has 4 nitrogen and oxygen atoms in total. The van der Waals surface area contributed by atoms with Gasteiger partial charge in [0, 0.05) is 10.9 Å². The lowest BCUT2D eigenvalue weighted by Crippen LogP contribution is -2.29. The van der Waals surface area contributed by atoms with Gasteiger partial charge in [0.2, 0.25) is 0 Å². The molecule has 0 radical (unpaired) electrons. The molecule has 0 aliphatic rings. The monoisotopic (exact) mass is 274 g/mol. The second-order valence-corrected chi connectivity index (χ2v) is 6.72. The molecule has 0 aliphatic heterocycles. The summed E-state index contributed by atoms with van der Waals surface area (Å²) < 4.78 is 12.7. The third kappa shape index (κ3) is 3.18. The molecule has 19 heavy (non-hydrogen) atoms. The molecule has 1 atom stereocenters. The molecule has 0 bridgehead atoms. The number of hydrogen-bond acceptors (Lipinski definition) is 3. The number of Topliss-reactive ketones (excluding diaryl/α,β-unsaturated/α-hetero) is 1. The smallest absolute Gasteiger partial charge is 0.196 e. The minimum atomic E-state index is -3.10. The molecule has 0 fully saturated rings. The van der Waals surface area contributed by atoms with Crippen molar-refractivity contribution in [2.75, 3.05) is 6.16 Å². The van der Waals surface area contributed by atoms with Crippen LogP contribution in [0.1, 0.15) is 10.4 Å². The second kappa shape index (κ2) is 5.93. The third-order valence-corrected chi connectivity index (χ3v) is 5.13. The third-order valence-electron chi connectivity index (χ3n) is 2.84. The number of hydrogen-bond donors (Lipinski definition) is 2. The zero-order chi connectivity index (χ0) is 13.7. The summed E-state index contributed by atoms with van der Waals surface area (Å²) in [4.78, 5) is 12.1. The molecule has 0 saturated heterocycles. The highest BCUT2D eigenvalue weighted by molar-refractivity contribution is 7.70. The molecule has 98 valence electrons. The van der Waals surface area contributed by atoms with Gasteiger partial charge in [-0.15, -0.1) is 0 Å². The molecule has 0 amide bonds. The van der Waals surface area contributed by atoms with E-state index in [1.54, 1.807) is 48.5 Å². The van der Waals surface area contributed by atoms with E-state index in [4.69, 9.17) is 5.84 Å². The average Bonchev–Trinajstić information content (AvgIpc) is 2.49. The molecule has 0 heterocycles. The highest BCUT2D eigenvalue weighted by Gasteiger charge is 2.26. The summed E-state index contributed by atoms with van der Waals surface area (Å²) in [6, 6.07) is 17.6. The molecule has 3 N–H and O–H groups in total. The topological polar surface area (TPSA) is 72.2 Å². The molecule has 0 aliphatic carbocycles. The van der Waals surface area contributed by atoms with Crippen LogP contribution in [0.4, 0.5) is 0 Å². The van der Waals surface area contributed by atoms with Crippen molar-refractivity contribution in [2.24, 2.45) is 5.84 Å². The number of carbonyl (C=O) groups is 1. The lowest BCUT2D eigenvalue weighted by Gasteiger charge is -2.16. The lowest BCUT2D eigenvalue weighted by atomic mass is 10.2. The minimum absolute atomic E-state index is 0.127. The summed E-state index contributed by atoms with van der Waals surface area (Å²) in [5.41, 5.74) is 0.536. The van der Waals surface area contributed by atoms with E-state index in [-0.39, 0.29) is 11.9 Å². The Morgan fingerprint density at radius 1 is 1.00 bits per heavy atom. The van der Waals surface area contributed by atoms with Crippen LogP contribution in [0.5, 0.6) is 0 Å². The van der Waals surface area contributed by atoms with Gasteiger partial charge in [0.1, 0.15) is 0 Å². The van der Waals surface area contributed by atoms with E-state index < -0.39 is 7.29 Å². The van der Waals surface area contributed by atoms with Crippen LogP contribution < -0.4 is 16.3 Å². The van der Waals surface area contributed by atoms with E-state index in [1.165, 1.54) is 0 Å². The number of carbonyl (C=O) groups excluding carboxylic acids is 1. The summed E-state index contributed by atoms with van der Waals surface area (Å²) in [6.07, 6.45) is -0.127. The molecule has 2 aromatic carbocycles. The normalized spacial score (nSPS) is 13.7. The van der Waals surface area contributed by atoms with Gasteiger partial charge in [0.15, 0.2) is 13.1 Å². The van der Waals surface area contributed by atoms with Crippen LogP contribution in [0.15, 0.2) is 60.7 Å². The first-order valence-electron chi connectivity index (χ1n) is 5.86. The van der Waals surface area contributed by atoms with Crippen LogP contribution in [0.3, 0.4) is 0 Å². The minimum Gasteiger partial charge on any atom is -0.300 e. The van der Waals surface area contributed by atoms with Crippen LogP contribution in [-0.2, 0) is 4.57 Å². The van der Waals surface area contributed by atoms with Crippen molar-refractivity contribution in [2.45, 2.75) is 0 Å². The number of nitrogens with one attached hydrogen (secondary N) is 1. The van der Waals surface area contributed by atoms with Crippen LogP contribution in [0, 0.1) is 0 Å².